The highest BCUT2D eigenvalue weighted by Gasteiger charge is 2.61. The van der Waals surface area contributed by atoms with E-state index in [1.165, 1.54) is 11.9 Å². The van der Waals surface area contributed by atoms with Gasteiger partial charge in [-0.05, 0) is 0 Å². The maximum atomic E-state index is 12.1. The number of carbonyl (C=O) groups is 2. The Balaban J connectivity index is -0.00000120. The molecule has 0 spiro atoms. The molecule has 4 amide bonds. The maximum absolute atomic E-state index is 12.1. The van der Waals surface area contributed by atoms with E-state index in [0.717, 1.165) is 18.0 Å². The second-order valence-corrected chi connectivity index (χ2v) is 10.7. The third-order valence-corrected chi connectivity index (χ3v) is 10.7. The molecule has 7 nitrogen and oxygen atoms in total. The van der Waals surface area contributed by atoms with Crippen LogP contribution < -0.4 is 55.8 Å². The number of nitrogens with zero attached hydrogens (tertiary/aromatic N) is 4. The van der Waals surface area contributed by atoms with Crippen LogP contribution in [0.2, 0.25) is 0 Å². The number of halogens is 4. The molecule has 1 rings (SSSR count). The second kappa shape index (κ2) is 10.8. The van der Waals surface area contributed by atoms with Gasteiger partial charge in [-0.3, -0.25) is 0 Å². The van der Waals surface area contributed by atoms with E-state index >= 15 is 0 Å². The first-order valence-electron chi connectivity index (χ1n) is 6.03. The van der Waals surface area contributed by atoms with Gasteiger partial charge in [-0.2, -0.15) is 9.34 Å². The van der Waals surface area contributed by atoms with Crippen LogP contribution in [0.15, 0.2) is 0 Å². The molecule has 12 heteroatoms. The first-order valence-corrected chi connectivity index (χ1v) is 9.70. The number of likely N-dealkylation sites (N-methyl/N-ethyl adjacent to an activating group) is 2. The van der Waals surface area contributed by atoms with Crippen LogP contribution in [0.4, 0.5) is 9.59 Å². The minimum atomic E-state index is -2.28. The summed E-state index contributed by atoms with van der Waals surface area (Å²) in [7, 11) is 11.0. The lowest BCUT2D eigenvalue weighted by molar-refractivity contribution is -0.857. The smallest absolute Gasteiger partial charge is 0.363 e. The Bertz CT molecular complexity index is 368. The summed E-state index contributed by atoms with van der Waals surface area (Å²) in [6.45, 7) is 1.73. The van der Waals surface area contributed by atoms with Crippen LogP contribution in [-0.2, 0) is 0 Å². The third-order valence-electron chi connectivity index (χ3n) is 3.26. The zero-order valence-corrected chi connectivity index (χ0v) is 20.7. The average Bonchev–Trinajstić information content (AvgIpc) is 2.37. The maximum Gasteiger partial charge on any atom is 0.363 e. The number of urea groups is 2. The summed E-state index contributed by atoms with van der Waals surface area (Å²) in [6, 6.07) is -0.560. The van der Waals surface area contributed by atoms with Crippen molar-refractivity contribution < 1.29 is 65.4 Å². The molecule has 0 aromatic carbocycles. The molecule has 0 bridgehead atoms. The minimum absolute atomic E-state index is 0. The van der Waals surface area contributed by atoms with Crippen molar-refractivity contribution in [2.45, 2.75) is 0 Å². The van der Waals surface area contributed by atoms with Crippen LogP contribution in [0.3, 0.4) is 0 Å². The highest BCUT2D eigenvalue weighted by molar-refractivity contribution is 9.41. The molecule has 0 aliphatic carbocycles. The van der Waals surface area contributed by atoms with E-state index in [0.29, 0.717) is 0 Å². The molecule has 0 aromatic heterocycles. The van der Waals surface area contributed by atoms with Gasteiger partial charge < -0.3 is 55.8 Å². The lowest BCUT2D eigenvalue weighted by atomic mass is 10.6. The van der Waals surface area contributed by atoms with Gasteiger partial charge in [0.15, 0.2) is 0 Å². The number of carbonyl (C=O) groups excluding carboxylic acids is 2. The topological polar surface area (TPSA) is 51.5 Å². The van der Waals surface area contributed by atoms with Gasteiger partial charge in [0.2, 0.25) is 15.5 Å². The zero-order chi connectivity index (χ0) is 15.0. The van der Waals surface area contributed by atoms with Gasteiger partial charge in [0, 0.05) is 14.1 Å². The molecule has 1 heterocycles. The normalized spacial score (nSPS) is 17.2. The van der Waals surface area contributed by atoms with Gasteiger partial charge >= 0.3 is 18.5 Å². The van der Waals surface area contributed by atoms with Crippen molar-refractivity contribution in [2.75, 3.05) is 55.4 Å². The molecule has 0 unspecified atom stereocenters. The third kappa shape index (κ3) is 5.26. The number of hydrogen-bond donors (Lipinski definition) is 1. The van der Waals surface area contributed by atoms with Crippen molar-refractivity contribution in [3.05, 3.63) is 0 Å². The van der Waals surface area contributed by atoms with E-state index < -0.39 is 6.42 Å². The molecule has 0 aromatic rings. The van der Waals surface area contributed by atoms with Crippen molar-refractivity contribution in [3.8, 4) is 0 Å². The number of imide groups is 1. The van der Waals surface area contributed by atoms with E-state index in [-0.39, 0.29) is 63.0 Å². The van der Waals surface area contributed by atoms with Gasteiger partial charge in [-0.25, -0.2) is 14.5 Å². The number of nitrogens with one attached hydrogen (secondary N) is 1. The van der Waals surface area contributed by atoms with Crippen molar-refractivity contribution >= 4 is 34.0 Å². The summed E-state index contributed by atoms with van der Waals surface area (Å²) in [4.78, 5) is 26.7. The molecule has 1 fully saturated rings. The summed E-state index contributed by atoms with van der Waals surface area (Å²) in [5.41, 5.74) is 0. The summed E-state index contributed by atoms with van der Waals surface area (Å²) >= 11 is 3.66. The lowest BCUT2D eigenvalue weighted by Gasteiger charge is -2.43. The van der Waals surface area contributed by atoms with Crippen molar-refractivity contribution in [1.82, 2.24) is 18.9 Å². The van der Waals surface area contributed by atoms with Crippen LogP contribution in [0.5, 0.6) is 0 Å². The fourth-order valence-corrected chi connectivity index (χ4v) is 5.57. The Labute approximate surface area is 172 Å². The number of amides is 4. The van der Waals surface area contributed by atoms with E-state index in [1.807, 2.05) is 7.05 Å². The summed E-state index contributed by atoms with van der Waals surface area (Å²) < 4.78 is 5.31. The van der Waals surface area contributed by atoms with Gasteiger partial charge in [0.1, 0.15) is 0 Å². The summed E-state index contributed by atoms with van der Waals surface area (Å²) in [5, 5.41) is 0. The molecule has 0 radical (unpaired) electrons. The first-order chi connectivity index (χ1) is 8.63. The molecule has 0 atom stereocenters. The van der Waals surface area contributed by atoms with E-state index in [9.17, 15) is 9.59 Å². The van der Waals surface area contributed by atoms with E-state index in [4.69, 9.17) is 0 Å². The predicted octanol–water partition coefficient (Wildman–Crippen LogP) is -8.80. The Kier molecular flexibility index (Phi) is 13.7. The Morgan fingerprint density at radius 2 is 1.41 bits per heavy atom. The zero-order valence-electron chi connectivity index (χ0n) is 13.5. The Hall–Kier alpha value is 1.01. The molecular formula is C10H23Br4N5O2P-. The molecule has 1 aliphatic rings. The molecule has 1 aliphatic heterocycles. The fraction of sp³-hybridized carbons (Fsp3) is 0.800. The minimum Gasteiger partial charge on any atom is -1.00 e. The predicted molar refractivity (Wildman–Crippen MR) is 80.2 cm³/mol. The monoisotopic (exact) mass is 592 g/mol. The first kappa shape index (κ1) is 27.8. The van der Waals surface area contributed by atoms with Crippen LogP contribution in [0.1, 0.15) is 0 Å². The Morgan fingerprint density at radius 3 is 1.73 bits per heavy atom. The Morgan fingerprint density at radius 1 is 1.05 bits per heavy atom. The quantitative estimate of drug-likeness (QED) is 0.329. The van der Waals surface area contributed by atoms with Gasteiger partial charge in [-0.15, -0.1) is 4.67 Å². The van der Waals surface area contributed by atoms with Gasteiger partial charge in [0.05, 0.1) is 41.3 Å². The van der Waals surface area contributed by atoms with Crippen molar-refractivity contribution in [2.24, 2.45) is 0 Å². The summed E-state index contributed by atoms with van der Waals surface area (Å²) in [5.74, 6) is 0. The number of quaternary nitrogens is 1. The molecule has 134 valence electrons. The standard InChI is InChI=1S/C10H22BrN5O2P.3BrH/c1-12(2)7-8-13(3)19(11)15(5)9(17)14(4)10(18)16(19)6;;;/h7-8H2,1-6H3;3*1H/q+1;;;/p-2. The van der Waals surface area contributed by atoms with Crippen LogP contribution in [0, 0.1) is 0 Å². The van der Waals surface area contributed by atoms with Crippen LogP contribution in [0.25, 0.3) is 0 Å². The van der Waals surface area contributed by atoms with Crippen molar-refractivity contribution in [1.29, 1.82) is 0 Å². The largest absolute Gasteiger partial charge is 1.00 e. The fourth-order valence-electron chi connectivity index (χ4n) is 1.91. The summed E-state index contributed by atoms with van der Waals surface area (Å²) in [6.07, 6.45) is -2.28. The second-order valence-electron chi connectivity index (χ2n) is 5.00. The number of hydrogen-bond acceptors (Lipinski definition) is 3. The van der Waals surface area contributed by atoms with Gasteiger partial charge in [0.25, 0.3) is 0 Å². The number of rotatable bonds is 4. The molecule has 1 saturated heterocycles. The molecule has 0 saturated carbocycles. The van der Waals surface area contributed by atoms with Crippen molar-refractivity contribution in [3.63, 3.8) is 0 Å². The van der Waals surface area contributed by atoms with Gasteiger partial charge in [-0.1, -0.05) is 0 Å². The van der Waals surface area contributed by atoms with Crippen LogP contribution in [-0.4, -0.2) is 86.3 Å². The molecular weight excluding hydrogens is 573 g/mol. The highest BCUT2D eigenvalue weighted by atomic mass is 79.9. The van der Waals surface area contributed by atoms with E-state index in [2.05, 4.69) is 34.3 Å². The molecule has 22 heavy (non-hydrogen) atoms. The molecule has 1 N–H and O–H groups in total. The highest BCUT2D eigenvalue weighted by Crippen LogP contribution is 2.73. The van der Waals surface area contributed by atoms with E-state index in [1.54, 1.807) is 23.4 Å². The SMILES string of the molecule is CN1C(=O)N(C)[P+](Br)(N(C)CC[NH+](C)C)N(C)C1=O.[Br-].[Br-].[Br-]. The van der Waals surface area contributed by atoms with Crippen LogP contribution >= 0.6 is 21.9 Å². The lowest BCUT2D eigenvalue weighted by Crippen LogP contribution is -3.06. The average molecular weight is 596 g/mol.